The predicted molar refractivity (Wildman–Crippen MR) is 75.2 cm³/mol. The number of amides is 1. The zero-order valence-corrected chi connectivity index (χ0v) is 10.9. The molecule has 0 saturated carbocycles. The fourth-order valence-corrected chi connectivity index (χ4v) is 1.83. The molecule has 2 rings (SSSR count). The molecular formula is C14H13ClN2O2. The van der Waals surface area contributed by atoms with Crippen LogP contribution < -0.4 is 16.2 Å². The Morgan fingerprint density at radius 2 is 1.95 bits per heavy atom. The number of benzene rings is 2. The minimum Gasteiger partial charge on any atom is -0.488 e. The van der Waals surface area contributed by atoms with E-state index in [0.29, 0.717) is 22.0 Å². The van der Waals surface area contributed by atoms with E-state index < -0.39 is 5.91 Å². The van der Waals surface area contributed by atoms with E-state index in [4.69, 9.17) is 27.8 Å². The fraction of sp³-hybridized carbons (Fsp3) is 0.0714. The number of carbonyl (C=O) groups is 1. The molecular weight excluding hydrogens is 264 g/mol. The number of ether oxygens (including phenoxy) is 1. The van der Waals surface area contributed by atoms with Crippen molar-refractivity contribution in [2.75, 3.05) is 5.73 Å². The monoisotopic (exact) mass is 276 g/mol. The zero-order valence-electron chi connectivity index (χ0n) is 10.1. The molecule has 5 heteroatoms. The molecule has 1 amide bonds. The van der Waals surface area contributed by atoms with Crippen molar-refractivity contribution in [1.82, 2.24) is 0 Å². The van der Waals surface area contributed by atoms with Gasteiger partial charge in [-0.25, -0.2) is 0 Å². The Kier molecular flexibility index (Phi) is 3.92. The molecule has 4 N–H and O–H groups in total. The molecule has 0 bridgehead atoms. The molecule has 0 spiro atoms. The number of nitrogens with two attached hydrogens (primary N) is 2. The first-order valence-corrected chi connectivity index (χ1v) is 6.01. The first-order valence-electron chi connectivity index (χ1n) is 5.63. The van der Waals surface area contributed by atoms with Gasteiger partial charge >= 0.3 is 0 Å². The molecule has 19 heavy (non-hydrogen) atoms. The van der Waals surface area contributed by atoms with Crippen LogP contribution in [0, 0.1) is 0 Å². The minimum atomic E-state index is -0.533. The molecule has 0 aliphatic rings. The number of para-hydroxylation sites is 1. The van der Waals surface area contributed by atoms with Gasteiger partial charge < -0.3 is 16.2 Å². The summed E-state index contributed by atoms with van der Waals surface area (Å²) in [5.41, 5.74) is 12.6. The lowest BCUT2D eigenvalue weighted by Gasteiger charge is -2.10. The van der Waals surface area contributed by atoms with Gasteiger partial charge in [-0.1, -0.05) is 23.7 Å². The van der Waals surface area contributed by atoms with Gasteiger partial charge in [0.2, 0.25) is 0 Å². The van der Waals surface area contributed by atoms with E-state index in [-0.39, 0.29) is 6.61 Å². The normalized spacial score (nSPS) is 10.2. The molecule has 0 aliphatic carbocycles. The van der Waals surface area contributed by atoms with E-state index in [2.05, 4.69) is 0 Å². The summed E-state index contributed by atoms with van der Waals surface area (Å²) in [5.74, 6) is -0.109. The average Bonchev–Trinajstić information content (AvgIpc) is 2.40. The molecule has 0 saturated heterocycles. The van der Waals surface area contributed by atoms with Crippen molar-refractivity contribution in [3.05, 3.63) is 58.6 Å². The van der Waals surface area contributed by atoms with Crippen LogP contribution in [0.2, 0.25) is 5.02 Å². The van der Waals surface area contributed by atoms with Gasteiger partial charge in [0.25, 0.3) is 5.91 Å². The van der Waals surface area contributed by atoms with Crippen LogP contribution in [0.15, 0.2) is 42.5 Å². The van der Waals surface area contributed by atoms with Crippen molar-refractivity contribution in [2.24, 2.45) is 5.73 Å². The van der Waals surface area contributed by atoms with Gasteiger partial charge in [-0.2, -0.15) is 0 Å². The van der Waals surface area contributed by atoms with Crippen LogP contribution in [-0.4, -0.2) is 5.91 Å². The van der Waals surface area contributed by atoms with Gasteiger partial charge in [0.05, 0.1) is 5.56 Å². The number of carbonyl (C=O) groups excluding carboxylic acids is 1. The second-order valence-electron chi connectivity index (χ2n) is 4.00. The SMILES string of the molecule is NC(=O)c1ccccc1OCc1cc(N)ccc1Cl. The molecule has 4 nitrogen and oxygen atoms in total. The van der Waals surface area contributed by atoms with Crippen LogP contribution in [-0.2, 0) is 6.61 Å². The number of halogens is 1. The van der Waals surface area contributed by atoms with E-state index in [1.807, 2.05) is 0 Å². The highest BCUT2D eigenvalue weighted by molar-refractivity contribution is 6.31. The summed E-state index contributed by atoms with van der Waals surface area (Å²) in [7, 11) is 0. The average molecular weight is 277 g/mol. The van der Waals surface area contributed by atoms with Crippen LogP contribution in [0.25, 0.3) is 0 Å². The maximum Gasteiger partial charge on any atom is 0.252 e. The highest BCUT2D eigenvalue weighted by Crippen LogP contribution is 2.23. The largest absolute Gasteiger partial charge is 0.488 e. The Labute approximate surface area is 115 Å². The third-order valence-corrected chi connectivity index (χ3v) is 2.97. The topological polar surface area (TPSA) is 78.3 Å². The van der Waals surface area contributed by atoms with Crippen molar-refractivity contribution >= 4 is 23.2 Å². The second kappa shape index (κ2) is 5.63. The van der Waals surface area contributed by atoms with Crippen molar-refractivity contribution < 1.29 is 9.53 Å². The Bertz CT molecular complexity index is 614. The molecule has 0 atom stereocenters. The van der Waals surface area contributed by atoms with Gasteiger partial charge in [-0.3, -0.25) is 4.79 Å². The van der Waals surface area contributed by atoms with Crippen molar-refractivity contribution in [2.45, 2.75) is 6.61 Å². The number of rotatable bonds is 4. The van der Waals surface area contributed by atoms with Crippen LogP contribution >= 0.6 is 11.6 Å². The minimum absolute atomic E-state index is 0.216. The van der Waals surface area contributed by atoms with Gasteiger partial charge in [0.1, 0.15) is 12.4 Å². The summed E-state index contributed by atoms with van der Waals surface area (Å²) in [4.78, 5) is 11.3. The number of hydrogen-bond donors (Lipinski definition) is 2. The predicted octanol–water partition coefficient (Wildman–Crippen LogP) is 2.60. The Balaban J connectivity index is 2.19. The summed E-state index contributed by atoms with van der Waals surface area (Å²) in [6.45, 7) is 0.216. The van der Waals surface area contributed by atoms with Crippen LogP contribution in [0.3, 0.4) is 0 Å². The first-order chi connectivity index (χ1) is 9.08. The van der Waals surface area contributed by atoms with E-state index in [1.54, 1.807) is 42.5 Å². The number of nitrogen functional groups attached to an aromatic ring is 1. The maximum absolute atomic E-state index is 11.3. The van der Waals surface area contributed by atoms with E-state index in [0.717, 1.165) is 5.56 Å². The summed E-state index contributed by atoms with van der Waals surface area (Å²) in [5, 5.41) is 0.561. The lowest BCUT2D eigenvalue weighted by molar-refractivity contribution is 0.0996. The molecule has 98 valence electrons. The molecule has 2 aromatic carbocycles. The molecule has 0 unspecified atom stereocenters. The third-order valence-electron chi connectivity index (χ3n) is 2.61. The molecule has 0 heterocycles. The highest BCUT2D eigenvalue weighted by Gasteiger charge is 2.09. The molecule has 2 aromatic rings. The first kappa shape index (κ1) is 13.2. The van der Waals surface area contributed by atoms with Gasteiger partial charge in [0, 0.05) is 16.3 Å². The van der Waals surface area contributed by atoms with E-state index in [9.17, 15) is 4.79 Å². The van der Waals surface area contributed by atoms with Gasteiger partial charge in [-0.15, -0.1) is 0 Å². The van der Waals surface area contributed by atoms with E-state index >= 15 is 0 Å². The molecule has 0 aromatic heterocycles. The third kappa shape index (κ3) is 3.17. The Morgan fingerprint density at radius 3 is 2.68 bits per heavy atom. The standard InChI is InChI=1S/C14H13ClN2O2/c15-12-6-5-10(16)7-9(12)8-19-13-4-2-1-3-11(13)14(17)18/h1-7H,8,16H2,(H2,17,18). The molecule has 0 fully saturated rings. The molecule has 0 aliphatic heterocycles. The lowest BCUT2D eigenvalue weighted by Crippen LogP contribution is -2.13. The summed E-state index contributed by atoms with van der Waals surface area (Å²) >= 11 is 6.04. The van der Waals surface area contributed by atoms with Crippen LogP contribution in [0.5, 0.6) is 5.75 Å². The maximum atomic E-state index is 11.3. The second-order valence-corrected chi connectivity index (χ2v) is 4.41. The Hall–Kier alpha value is -2.20. The van der Waals surface area contributed by atoms with E-state index in [1.165, 1.54) is 0 Å². The summed E-state index contributed by atoms with van der Waals surface area (Å²) in [6, 6.07) is 11.9. The highest BCUT2D eigenvalue weighted by atomic mass is 35.5. The Morgan fingerprint density at radius 1 is 1.21 bits per heavy atom. The van der Waals surface area contributed by atoms with Crippen molar-refractivity contribution in [3.63, 3.8) is 0 Å². The zero-order chi connectivity index (χ0) is 13.8. The quantitative estimate of drug-likeness (QED) is 0.843. The fourth-order valence-electron chi connectivity index (χ4n) is 1.66. The number of anilines is 1. The van der Waals surface area contributed by atoms with Gasteiger partial charge in [0.15, 0.2) is 0 Å². The smallest absolute Gasteiger partial charge is 0.252 e. The lowest BCUT2D eigenvalue weighted by atomic mass is 10.2. The van der Waals surface area contributed by atoms with Crippen LogP contribution in [0.1, 0.15) is 15.9 Å². The van der Waals surface area contributed by atoms with Gasteiger partial charge in [-0.05, 0) is 30.3 Å². The van der Waals surface area contributed by atoms with Crippen molar-refractivity contribution in [1.29, 1.82) is 0 Å². The molecule has 0 radical (unpaired) electrons. The summed E-state index contributed by atoms with van der Waals surface area (Å²) < 4.78 is 5.58. The number of primary amides is 1. The van der Waals surface area contributed by atoms with Crippen molar-refractivity contribution in [3.8, 4) is 5.75 Å². The van der Waals surface area contributed by atoms with Crippen LogP contribution in [0.4, 0.5) is 5.69 Å². The summed E-state index contributed by atoms with van der Waals surface area (Å²) in [6.07, 6.45) is 0. The number of hydrogen-bond acceptors (Lipinski definition) is 3.